The molecule has 1 aliphatic heterocycles. The molecule has 3 unspecified atom stereocenters. The zero-order chi connectivity index (χ0) is 12.8. The van der Waals surface area contributed by atoms with E-state index in [9.17, 15) is 0 Å². The van der Waals surface area contributed by atoms with Crippen molar-refractivity contribution in [2.24, 2.45) is 17.6 Å². The van der Waals surface area contributed by atoms with Crippen LogP contribution in [0, 0.1) is 11.8 Å². The van der Waals surface area contributed by atoms with Gasteiger partial charge in [0.05, 0.1) is 0 Å². The molecule has 3 aliphatic rings. The zero-order valence-electron chi connectivity index (χ0n) is 12.1. The first kappa shape index (κ1) is 12.9. The van der Waals surface area contributed by atoms with Crippen LogP contribution in [0.3, 0.4) is 0 Å². The van der Waals surface area contributed by atoms with Crippen LogP contribution in [0.1, 0.15) is 38.5 Å². The summed E-state index contributed by atoms with van der Waals surface area (Å²) in [5, 5.41) is 0. The predicted octanol–water partition coefficient (Wildman–Crippen LogP) is 1.53. The Morgan fingerprint density at radius 3 is 2.33 bits per heavy atom. The van der Waals surface area contributed by atoms with Crippen LogP contribution in [0.5, 0.6) is 0 Å². The van der Waals surface area contributed by atoms with Crippen LogP contribution in [0.2, 0.25) is 0 Å². The Morgan fingerprint density at radius 1 is 1.17 bits per heavy atom. The standard InChI is InChI=1S/C15H29N3/c1-17(2)14-5-7-18(8-6-14)15(11-16)10-12-3-4-13(15)9-12/h12-14H,3-11,16H2,1-2H3. The number of likely N-dealkylation sites (tertiary alicyclic amines) is 1. The molecule has 3 fully saturated rings. The molecule has 3 atom stereocenters. The summed E-state index contributed by atoms with van der Waals surface area (Å²) in [6, 6.07) is 0.787. The fraction of sp³-hybridized carbons (Fsp3) is 1.00. The Labute approximate surface area is 112 Å². The Balaban J connectivity index is 1.68. The molecule has 18 heavy (non-hydrogen) atoms. The Hall–Kier alpha value is -0.120. The summed E-state index contributed by atoms with van der Waals surface area (Å²) in [5.41, 5.74) is 6.62. The molecule has 2 N–H and O–H groups in total. The normalized spacial score (nSPS) is 42.0. The van der Waals surface area contributed by atoms with Crippen molar-refractivity contribution in [3.05, 3.63) is 0 Å². The number of fused-ring (bicyclic) bond motifs is 2. The van der Waals surface area contributed by atoms with Crippen molar-refractivity contribution >= 4 is 0 Å². The largest absolute Gasteiger partial charge is 0.329 e. The summed E-state index contributed by atoms with van der Waals surface area (Å²) in [6.07, 6.45) is 8.42. The molecule has 0 amide bonds. The number of rotatable bonds is 3. The summed E-state index contributed by atoms with van der Waals surface area (Å²) < 4.78 is 0. The predicted molar refractivity (Wildman–Crippen MR) is 75.5 cm³/mol. The first-order valence-corrected chi connectivity index (χ1v) is 7.77. The minimum atomic E-state index is 0.389. The van der Waals surface area contributed by atoms with Gasteiger partial charge in [-0.3, -0.25) is 4.90 Å². The second kappa shape index (κ2) is 4.77. The zero-order valence-corrected chi connectivity index (χ0v) is 12.1. The molecule has 3 rings (SSSR count). The highest BCUT2D eigenvalue weighted by Gasteiger charge is 2.53. The molecule has 0 aromatic rings. The second-order valence-electron chi connectivity index (χ2n) is 7.07. The number of nitrogens with two attached hydrogens (primary N) is 1. The van der Waals surface area contributed by atoms with Crippen LogP contribution in [-0.2, 0) is 0 Å². The van der Waals surface area contributed by atoms with E-state index in [2.05, 4.69) is 23.9 Å². The quantitative estimate of drug-likeness (QED) is 0.825. The molecule has 1 heterocycles. The van der Waals surface area contributed by atoms with Gasteiger partial charge in [0.2, 0.25) is 0 Å². The van der Waals surface area contributed by atoms with Crippen LogP contribution in [0.4, 0.5) is 0 Å². The van der Waals surface area contributed by atoms with Crippen molar-refractivity contribution in [3.63, 3.8) is 0 Å². The van der Waals surface area contributed by atoms with Crippen molar-refractivity contribution in [1.82, 2.24) is 9.80 Å². The van der Waals surface area contributed by atoms with Gasteiger partial charge in [-0.15, -0.1) is 0 Å². The topological polar surface area (TPSA) is 32.5 Å². The first-order chi connectivity index (χ1) is 8.65. The lowest BCUT2D eigenvalue weighted by Gasteiger charge is -2.50. The molecule has 2 bridgehead atoms. The average molecular weight is 251 g/mol. The second-order valence-corrected chi connectivity index (χ2v) is 7.07. The van der Waals surface area contributed by atoms with E-state index in [1.165, 1.54) is 51.6 Å². The van der Waals surface area contributed by atoms with E-state index in [1.54, 1.807) is 0 Å². The van der Waals surface area contributed by atoms with Gasteiger partial charge in [0.15, 0.2) is 0 Å². The van der Waals surface area contributed by atoms with E-state index in [-0.39, 0.29) is 0 Å². The lowest BCUT2D eigenvalue weighted by molar-refractivity contribution is 0.00820. The minimum absolute atomic E-state index is 0.389. The summed E-state index contributed by atoms with van der Waals surface area (Å²) in [7, 11) is 4.44. The number of nitrogens with zero attached hydrogens (tertiary/aromatic N) is 2. The molecule has 104 valence electrons. The molecule has 2 aliphatic carbocycles. The van der Waals surface area contributed by atoms with Gasteiger partial charge < -0.3 is 10.6 Å². The van der Waals surface area contributed by atoms with Gasteiger partial charge >= 0.3 is 0 Å². The van der Waals surface area contributed by atoms with Crippen LogP contribution < -0.4 is 5.73 Å². The van der Waals surface area contributed by atoms with Gasteiger partial charge in [-0.05, 0) is 58.0 Å². The summed E-state index contributed by atoms with van der Waals surface area (Å²) >= 11 is 0. The van der Waals surface area contributed by atoms with Crippen molar-refractivity contribution in [3.8, 4) is 0 Å². The van der Waals surface area contributed by atoms with Gasteiger partial charge in [-0.25, -0.2) is 0 Å². The monoisotopic (exact) mass is 251 g/mol. The number of piperidine rings is 1. The van der Waals surface area contributed by atoms with E-state index < -0.39 is 0 Å². The fourth-order valence-corrected chi connectivity index (χ4v) is 5.01. The Kier molecular flexibility index (Phi) is 3.41. The number of hydrogen-bond donors (Lipinski definition) is 1. The van der Waals surface area contributed by atoms with Crippen LogP contribution in [-0.4, -0.2) is 55.1 Å². The first-order valence-electron chi connectivity index (χ1n) is 7.77. The third-order valence-corrected chi connectivity index (χ3v) is 6.12. The maximum atomic E-state index is 6.23. The number of hydrogen-bond acceptors (Lipinski definition) is 3. The minimum Gasteiger partial charge on any atom is -0.329 e. The SMILES string of the molecule is CN(C)C1CCN(C2(CN)CC3CCC2C3)CC1. The molecule has 0 radical (unpaired) electrons. The molecule has 0 aromatic heterocycles. The van der Waals surface area contributed by atoms with Crippen molar-refractivity contribution in [1.29, 1.82) is 0 Å². The van der Waals surface area contributed by atoms with Crippen LogP contribution in [0.15, 0.2) is 0 Å². The van der Waals surface area contributed by atoms with Crippen molar-refractivity contribution in [2.45, 2.75) is 50.1 Å². The van der Waals surface area contributed by atoms with Gasteiger partial charge in [0, 0.05) is 31.2 Å². The maximum Gasteiger partial charge on any atom is 0.0362 e. The highest BCUT2D eigenvalue weighted by Crippen LogP contribution is 2.53. The van der Waals surface area contributed by atoms with Gasteiger partial charge in [0.1, 0.15) is 0 Å². The highest BCUT2D eigenvalue weighted by atomic mass is 15.2. The van der Waals surface area contributed by atoms with Crippen molar-refractivity contribution in [2.75, 3.05) is 33.7 Å². The van der Waals surface area contributed by atoms with Crippen LogP contribution in [0.25, 0.3) is 0 Å². The lowest BCUT2D eigenvalue weighted by atomic mass is 9.78. The third kappa shape index (κ3) is 1.91. The van der Waals surface area contributed by atoms with E-state index in [1.807, 2.05) is 0 Å². The fourth-order valence-electron chi connectivity index (χ4n) is 5.01. The van der Waals surface area contributed by atoms with E-state index >= 15 is 0 Å². The molecule has 0 spiro atoms. The molecule has 3 heteroatoms. The summed E-state index contributed by atoms with van der Waals surface area (Å²) in [6.45, 7) is 3.42. The third-order valence-electron chi connectivity index (χ3n) is 6.12. The van der Waals surface area contributed by atoms with Crippen molar-refractivity contribution < 1.29 is 0 Å². The molecule has 2 saturated carbocycles. The van der Waals surface area contributed by atoms with Gasteiger partial charge in [0.25, 0.3) is 0 Å². The molecule has 3 nitrogen and oxygen atoms in total. The molecule has 0 aromatic carbocycles. The Morgan fingerprint density at radius 2 is 1.89 bits per heavy atom. The summed E-state index contributed by atoms with van der Waals surface area (Å²) in [5.74, 6) is 1.90. The van der Waals surface area contributed by atoms with E-state index in [4.69, 9.17) is 5.73 Å². The van der Waals surface area contributed by atoms with E-state index in [0.29, 0.717) is 5.54 Å². The van der Waals surface area contributed by atoms with E-state index in [0.717, 1.165) is 24.4 Å². The summed E-state index contributed by atoms with van der Waals surface area (Å²) in [4.78, 5) is 5.17. The van der Waals surface area contributed by atoms with Crippen LogP contribution >= 0.6 is 0 Å². The molecule has 1 saturated heterocycles. The molecular weight excluding hydrogens is 222 g/mol. The average Bonchev–Trinajstić information content (AvgIpc) is 2.99. The Bertz CT molecular complexity index is 296. The smallest absolute Gasteiger partial charge is 0.0362 e. The maximum absolute atomic E-state index is 6.23. The lowest BCUT2D eigenvalue weighted by Crippen LogP contribution is -2.60. The molecular formula is C15H29N3. The van der Waals surface area contributed by atoms with Gasteiger partial charge in [-0.2, -0.15) is 0 Å². The highest BCUT2D eigenvalue weighted by molar-refractivity contribution is 5.09. The van der Waals surface area contributed by atoms with Gasteiger partial charge in [-0.1, -0.05) is 6.42 Å².